The molecule has 4 heterocycles. The van der Waals surface area contributed by atoms with Crippen LogP contribution in [0.15, 0.2) is 60.8 Å². The summed E-state index contributed by atoms with van der Waals surface area (Å²) in [6.07, 6.45) is 8.17. The van der Waals surface area contributed by atoms with E-state index in [0.717, 1.165) is 12.8 Å². The highest BCUT2D eigenvalue weighted by atomic mass is 32.2. The minimum atomic E-state index is -3.90. The predicted molar refractivity (Wildman–Crippen MR) is 202 cm³/mol. The summed E-state index contributed by atoms with van der Waals surface area (Å²) in [7, 11) is -3.90. The molecular formula is C39H47N7O8S. The molecular weight excluding hydrogens is 727 g/mol. The number of nitrogens with zero attached hydrogens (tertiary/aromatic N) is 4. The van der Waals surface area contributed by atoms with Gasteiger partial charge in [0.1, 0.15) is 29.3 Å². The molecule has 2 aromatic heterocycles. The van der Waals surface area contributed by atoms with Gasteiger partial charge in [0, 0.05) is 18.5 Å². The van der Waals surface area contributed by atoms with Crippen LogP contribution >= 0.6 is 0 Å². The number of para-hydroxylation sites is 2. The van der Waals surface area contributed by atoms with Crippen LogP contribution in [-0.2, 0) is 29.1 Å². The maximum Gasteiger partial charge on any atom is 0.408 e. The van der Waals surface area contributed by atoms with Gasteiger partial charge < -0.3 is 25.0 Å². The van der Waals surface area contributed by atoms with E-state index in [0.29, 0.717) is 54.5 Å². The van der Waals surface area contributed by atoms with Crippen LogP contribution in [0.3, 0.4) is 0 Å². The van der Waals surface area contributed by atoms with Crippen LogP contribution in [0.4, 0.5) is 4.79 Å². The minimum Gasteiger partial charge on any atom is -0.471 e. The molecule has 2 aliphatic carbocycles. The number of ether oxygens (including phenoxy) is 2. The number of pyridine rings is 1. The molecule has 2 saturated carbocycles. The van der Waals surface area contributed by atoms with E-state index in [1.165, 1.54) is 4.90 Å². The Morgan fingerprint density at radius 1 is 0.982 bits per heavy atom. The van der Waals surface area contributed by atoms with Crippen LogP contribution in [0.5, 0.6) is 5.88 Å². The van der Waals surface area contributed by atoms with E-state index >= 15 is 0 Å². The molecule has 3 N–H and O–H groups in total. The molecule has 3 fully saturated rings. The zero-order valence-electron chi connectivity index (χ0n) is 31.2. The van der Waals surface area contributed by atoms with Crippen LogP contribution in [-0.4, -0.2) is 93.2 Å². The molecule has 1 unspecified atom stereocenters. The zero-order valence-corrected chi connectivity index (χ0v) is 32.0. The fraction of sp³-hybridized carbons (Fsp3) is 0.513. The van der Waals surface area contributed by atoms with Crippen LogP contribution < -0.4 is 20.1 Å². The van der Waals surface area contributed by atoms with Gasteiger partial charge in [-0.2, -0.15) is 0 Å². The summed E-state index contributed by atoms with van der Waals surface area (Å²) >= 11 is 0. The Balaban J connectivity index is 1.22. The van der Waals surface area contributed by atoms with Crippen LogP contribution in [0, 0.1) is 5.92 Å². The van der Waals surface area contributed by atoms with Crippen molar-refractivity contribution in [3.8, 4) is 17.3 Å². The lowest BCUT2D eigenvalue weighted by molar-refractivity contribution is -0.141. The van der Waals surface area contributed by atoms with Crippen LogP contribution in [0.1, 0.15) is 78.6 Å². The average Bonchev–Trinajstić information content (AvgIpc) is 4.06. The lowest BCUT2D eigenvalue weighted by Gasteiger charge is -2.30. The quantitative estimate of drug-likeness (QED) is 0.294. The Hall–Kier alpha value is -5.12. The van der Waals surface area contributed by atoms with E-state index in [-0.39, 0.29) is 25.3 Å². The van der Waals surface area contributed by atoms with E-state index < -0.39 is 74.3 Å². The van der Waals surface area contributed by atoms with Crippen molar-refractivity contribution in [2.75, 3.05) is 6.54 Å². The van der Waals surface area contributed by atoms with Crippen molar-refractivity contribution in [1.82, 2.24) is 35.2 Å². The third kappa shape index (κ3) is 8.74. The van der Waals surface area contributed by atoms with Gasteiger partial charge in [0.05, 0.1) is 28.5 Å². The van der Waals surface area contributed by atoms with Gasteiger partial charge in [0.15, 0.2) is 5.69 Å². The first-order chi connectivity index (χ1) is 26.2. The third-order valence-corrected chi connectivity index (χ3v) is 12.1. The molecule has 0 radical (unpaired) electrons. The molecule has 1 saturated heterocycles. The van der Waals surface area contributed by atoms with E-state index in [9.17, 15) is 27.6 Å². The van der Waals surface area contributed by atoms with Crippen molar-refractivity contribution < 1.29 is 37.1 Å². The van der Waals surface area contributed by atoms with Crippen LogP contribution in [0.25, 0.3) is 22.4 Å². The maximum atomic E-state index is 14.6. The highest BCUT2D eigenvalue weighted by Gasteiger charge is 2.62. The topological polar surface area (TPSA) is 199 Å². The average molecular weight is 774 g/mol. The SMILES string of the molecule is CC(C)(C)OC(=O)N[C@H]1CCCCC/C=C\C2C[C@@]2(C(=O)NS(=O)(=O)C2CC2)NC(=O)[C@@H]2C[C@@H](Oc3nc4ccccc4nc3-c3ccccn3)CN2C1=O. The lowest BCUT2D eigenvalue weighted by atomic mass is 10.0. The standard InChI is InChI=1S/C39H47N7O8S/c1-38(2,3)54-37(50)43-30-17-8-6-4-5-7-13-24-22-39(24,36(49)45-55(51,52)26-18-19-26)44-33(47)31-21-25(23-46(31)35(30)48)53-34-32(29-16-11-12-20-40-29)41-27-14-9-10-15-28(27)42-34/h7,9-16,20,24-26,30-31H,4-6,8,17-19,21-23H2,1-3H3,(H,43,50)(H,44,47)(H,45,49)/b13-7-/t24?,25-,30+,31+,39-/m1/s1. The summed E-state index contributed by atoms with van der Waals surface area (Å²) < 4.78 is 40.0. The number of sulfonamides is 1. The van der Waals surface area contributed by atoms with Crippen molar-refractivity contribution in [3.63, 3.8) is 0 Å². The van der Waals surface area contributed by atoms with E-state index in [1.807, 2.05) is 36.4 Å². The first kappa shape index (κ1) is 38.2. The molecule has 55 heavy (non-hydrogen) atoms. The van der Waals surface area contributed by atoms with Crippen molar-refractivity contribution in [3.05, 3.63) is 60.8 Å². The van der Waals surface area contributed by atoms with Gasteiger partial charge >= 0.3 is 6.09 Å². The molecule has 1 aromatic carbocycles. The number of rotatable bonds is 7. The molecule has 4 amide bonds. The molecule has 16 heteroatoms. The molecule has 3 aromatic rings. The molecule has 0 spiro atoms. The Kier molecular flexibility index (Phi) is 10.5. The first-order valence-corrected chi connectivity index (χ1v) is 20.5. The number of carbonyl (C=O) groups excluding carboxylic acids is 4. The highest BCUT2D eigenvalue weighted by molar-refractivity contribution is 7.91. The highest BCUT2D eigenvalue weighted by Crippen LogP contribution is 2.46. The smallest absolute Gasteiger partial charge is 0.408 e. The molecule has 7 rings (SSSR count). The Morgan fingerprint density at radius 2 is 1.73 bits per heavy atom. The summed E-state index contributed by atoms with van der Waals surface area (Å²) in [6, 6.07) is 10.5. The Bertz CT molecular complexity index is 2100. The third-order valence-electron chi connectivity index (χ3n) is 10.3. The summed E-state index contributed by atoms with van der Waals surface area (Å²) in [5.74, 6) is -2.23. The second-order valence-electron chi connectivity index (χ2n) is 15.8. The second kappa shape index (κ2) is 15.2. The fourth-order valence-electron chi connectivity index (χ4n) is 7.19. The number of carbonyl (C=O) groups is 4. The fourth-order valence-corrected chi connectivity index (χ4v) is 8.55. The van der Waals surface area contributed by atoms with E-state index in [4.69, 9.17) is 19.4 Å². The number of alkyl carbamates (subject to hydrolysis) is 1. The Labute approximate surface area is 320 Å². The van der Waals surface area contributed by atoms with Crippen molar-refractivity contribution >= 4 is 44.9 Å². The largest absolute Gasteiger partial charge is 0.471 e. The predicted octanol–water partition coefficient (Wildman–Crippen LogP) is 3.94. The van der Waals surface area contributed by atoms with E-state index in [1.54, 1.807) is 45.2 Å². The number of aromatic nitrogens is 3. The summed E-state index contributed by atoms with van der Waals surface area (Å²) in [4.78, 5) is 71.2. The molecule has 0 bridgehead atoms. The zero-order chi connectivity index (χ0) is 39.0. The van der Waals surface area contributed by atoms with Crippen molar-refractivity contribution in [1.29, 1.82) is 0 Å². The van der Waals surface area contributed by atoms with Gasteiger partial charge in [0.25, 0.3) is 5.91 Å². The molecule has 4 aliphatic rings. The van der Waals surface area contributed by atoms with Gasteiger partial charge in [-0.05, 0) is 83.6 Å². The van der Waals surface area contributed by atoms with Gasteiger partial charge in [-0.25, -0.2) is 23.2 Å². The van der Waals surface area contributed by atoms with Gasteiger partial charge in [0.2, 0.25) is 27.7 Å². The van der Waals surface area contributed by atoms with Crippen LogP contribution in [0.2, 0.25) is 0 Å². The number of fused-ring (bicyclic) bond motifs is 3. The number of amides is 4. The lowest BCUT2D eigenvalue weighted by Crippen LogP contribution is -2.58. The molecule has 15 nitrogen and oxygen atoms in total. The van der Waals surface area contributed by atoms with Gasteiger partial charge in [-0.1, -0.05) is 43.2 Å². The molecule has 5 atom stereocenters. The number of hydrogen-bond donors (Lipinski definition) is 3. The van der Waals surface area contributed by atoms with Gasteiger partial charge in [-0.3, -0.25) is 24.1 Å². The normalized spacial score (nSPS) is 26.7. The number of allylic oxidation sites excluding steroid dienone is 1. The number of nitrogens with one attached hydrogen (secondary N) is 3. The number of hydrogen-bond acceptors (Lipinski definition) is 11. The van der Waals surface area contributed by atoms with E-state index in [2.05, 4.69) is 20.3 Å². The Morgan fingerprint density at radius 3 is 2.44 bits per heavy atom. The summed E-state index contributed by atoms with van der Waals surface area (Å²) in [6.45, 7) is 5.12. The first-order valence-electron chi connectivity index (χ1n) is 18.9. The summed E-state index contributed by atoms with van der Waals surface area (Å²) in [5, 5.41) is 4.99. The second-order valence-corrected chi connectivity index (χ2v) is 17.7. The molecule has 2 aliphatic heterocycles. The monoisotopic (exact) mass is 773 g/mol. The van der Waals surface area contributed by atoms with Crippen molar-refractivity contribution in [2.24, 2.45) is 5.92 Å². The minimum absolute atomic E-state index is 0.00543. The van der Waals surface area contributed by atoms with Gasteiger partial charge in [-0.15, -0.1) is 0 Å². The van der Waals surface area contributed by atoms with Crippen molar-refractivity contribution in [2.45, 2.75) is 113 Å². The number of benzene rings is 1. The maximum absolute atomic E-state index is 14.6. The summed E-state index contributed by atoms with van der Waals surface area (Å²) in [5.41, 5.74) is -0.246. The molecule has 292 valence electrons.